The van der Waals surface area contributed by atoms with E-state index in [9.17, 15) is 0 Å². The molecule has 2 aromatic rings. The summed E-state index contributed by atoms with van der Waals surface area (Å²) < 4.78 is 26.7. The molecular formula is C22H29NO9. The molecule has 0 amide bonds. The van der Waals surface area contributed by atoms with Crippen molar-refractivity contribution in [3.8, 4) is 28.7 Å². The van der Waals surface area contributed by atoms with Gasteiger partial charge >= 0.3 is 11.9 Å². The van der Waals surface area contributed by atoms with E-state index in [4.69, 9.17) is 43.5 Å². The van der Waals surface area contributed by atoms with E-state index in [1.165, 1.54) is 5.56 Å². The van der Waals surface area contributed by atoms with Crippen LogP contribution in [0.15, 0.2) is 30.3 Å². The predicted octanol–water partition coefficient (Wildman–Crippen LogP) is 2.22. The number of carbonyl (C=O) groups is 2. The highest BCUT2D eigenvalue weighted by molar-refractivity contribution is 6.27. The summed E-state index contributed by atoms with van der Waals surface area (Å²) in [7, 11) is 8.16. The second-order valence-electron chi connectivity index (χ2n) is 6.25. The van der Waals surface area contributed by atoms with Crippen LogP contribution in [0.2, 0.25) is 0 Å². The van der Waals surface area contributed by atoms with Crippen LogP contribution < -0.4 is 29.0 Å². The topological polar surface area (TPSA) is 133 Å². The first kappa shape index (κ1) is 26.4. The van der Waals surface area contributed by atoms with E-state index < -0.39 is 11.9 Å². The first-order valence-electron chi connectivity index (χ1n) is 9.47. The third-order valence-electron chi connectivity index (χ3n) is 4.32. The molecule has 0 fully saturated rings. The smallest absolute Gasteiger partial charge is 0.414 e. The third-order valence-corrected chi connectivity index (χ3v) is 4.32. The highest BCUT2D eigenvalue weighted by Crippen LogP contribution is 2.34. The quantitative estimate of drug-likeness (QED) is 0.365. The summed E-state index contributed by atoms with van der Waals surface area (Å²) in [6.45, 7) is 1.48. The number of hydrogen-bond donors (Lipinski definition) is 3. The Morgan fingerprint density at radius 1 is 0.719 bits per heavy atom. The van der Waals surface area contributed by atoms with Crippen LogP contribution in [0.4, 0.5) is 0 Å². The van der Waals surface area contributed by atoms with Crippen LogP contribution in [0.3, 0.4) is 0 Å². The minimum atomic E-state index is -1.82. The molecule has 0 aliphatic carbocycles. The number of carboxylic acid groups (broad SMARTS) is 2. The van der Waals surface area contributed by atoms with E-state index in [1.54, 1.807) is 35.5 Å². The molecule has 0 aliphatic rings. The molecule has 0 spiro atoms. The van der Waals surface area contributed by atoms with Crippen molar-refractivity contribution in [2.75, 3.05) is 42.1 Å². The van der Waals surface area contributed by atoms with Gasteiger partial charge in [0.15, 0.2) is 23.0 Å². The minimum Gasteiger partial charge on any atom is -0.496 e. The first-order chi connectivity index (χ1) is 15.3. The lowest BCUT2D eigenvalue weighted by molar-refractivity contribution is -0.159. The maximum absolute atomic E-state index is 9.10. The average molecular weight is 451 g/mol. The van der Waals surface area contributed by atoms with Gasteiger partial charge in [0.05, 0.1) is 35.5 Å². The second-order valence-corrected chi connectivity index (χ2v) is 6.25. The Bertz CT molecular complexity index is 887. The van der Waals surface area contributed by atoms with E-state index in [2.05, 4.69) is 5.32 Å². The molecule has 0 heterocycles. The fourth-order valence-corrected chi connectivity index (χ4v) is 2.72. The van der Waals surface area contributed by atoms with E-state index in [1.807, 2.05) is 30.3 Å². The second kappa shape index (κ2) is 13.6. The van der Waals surface area contributed by atoms with Gasteiger partial charge in [0.1, 0.15) is 5.75 Å². The van der Waals surface area contributed by atoms with Gasteiger partial charge in [-0.2, -0.15) is 0 Å². The Kier molecular flexibility index (Phi) is 11.2. The summed E-state index contributed by atoms with van der Waals surface area (Å²) in [4.78, 5) is 18.2. The highest BCUT2D eigenvalue weighted by atomic mass is 16.5. The molecule has 0 saturated carbocycles. The molecular weight excluding hydrogens is 422 g/mol. The van der Waals surface area contributed by atoms with Crippen molar-refractivity contribution in [3.05, 3.63) is 41.5 Å². The summed E-state index contributed by atoms with van der Waals surface area (Å²) in [5.41, 5.74) is 2.19. The lowest BCUT2D eigenvalue weighted by atomic mass is 10.1. The standard InChI is InChI=1S/C20H27NO5.C2H2O4/c1-22-16-7-6-14(10-18(16)24-3)8-9-21-13-15-11-19(25-4)20(26-5)12-17(15)23-2;3-1(4)2(5)6/h6-7,10-12,21H,8-9,13H2,1-5H3;(H,3,4)(H,5,6). The van der Waals surface area contributed by atoms with Crippen LogP contribution in [-0.4, -0.2) is 64.2 Å². The largest absolute Gasteiger partial charge is 0.496 e. The lowest BCUT2D eigenvalue weighted by Gasteiger charge is -2.15. The highest BCUT2D eigenvalue weighted by Gasteiger charge is 2.11. The molecule has 10 heteroatoms. The minimum absolute atomic E-state index is 0.651. The van der Waals surface area contributed by atoms with E-state index in [-0.39, 0.29) is 0 Å². The Labute approximate surface area is 186 Å². The zero-order valence-electron chi connectivity index (χ0n) is 18.8. The van der Waals surface area contributed by atoms with Crippen LogP contribution in [-0.2, 0) is 22.6 Å². The molecule has 0 saturated heterocycles. The van der Waals surface area contributed by atoms with Gasteiger partial charge in [-0.25, -0.2) is 9.59 Å². The third kappa shape index (κ3) is 7.88. The number of nitrogens with one attached hydrogen (secondary N) is 1. The molecule has 2 rings (SSSR count). The van der Waals surface area contributed by atoms with Crippen molar-refractivity contribution in [1.82, 2.24) is 5.32 Å². The molecule has 3 N–H and O–H groups in total. The van der Waals surface area contributed by atoms with Crippen LogP contribution >= 0.6 is 0 Å². The fourth-order valence-electron chi connectivity index (χ4n) is 2.72. The zero-order valence-corrected chi connectivity index (χ0v) is 18.8. The number of rotatable bonds is 10. The van der Waals surface area contributed by atoms with E-state index in [0.29, 0.717) is 18.0 Å². The van der Waals surface area contributed by atoms with Crippen molar-refractivity contribution in [3.63, 3.8) is 0 Å². The van der Waals surface area contributed by atoms with Gasteiger partial charge in [-0.05, 0) is 36.7 Å². The Hall–Kier alpha value is -3.66. The van der Waals surface area contributed by atoms with Gasteiger partial charge < -0.3 is 39.2 Å². The molecule has 0 unspecified atom stereocenters. The maximum atomic E-state index is 9.10. The summed E-state index contributed by atoms with van der Waals surface area (Å²) in [6, 6.07) is 9.73. The lowest BCUT2D eigenvalue weighted by Crippen LogP contribution is -2.17. The number of carboxylic acids is 2. The van der Waals surface area contributed by atoms with Crippen LogP contribution in [0.1, 0.15) is 11.1 Å². The zero-order chi connectivity index (χ0) is 24.1. The summed E-state index contributed by atoms with van der Waals surface area (Å²) in [5, 5.41) is 18.2. The van der Waals surface area contributed by atoms with Crippen LogP contribution in [0, 0.1) is 0 Å². The normalized spacial score (nSPS) is 9.78. The molecule has 0 bridgehead atoms. The number of hydrogen-bond acceptors (Lipinski definition) is 8. The summed E-state index contributed by atoms with van der Waals surface area (Å²) in [6.07, 6.45) is 0.871. The van der Waals surface area contributed by atoms with Crippen molar-refractivity contribution < 1.29 is 43.5 Å². The monoisotopic (exact) mass is 451 g/mol. The summed E-state index contributed by atoms with van der Waals surface area (Å²) >= 11 is 0. The molecule has 0 atom stereocenters. The predicted molar refractivity (Wildman–Crippen MR) is 116 cm³/mol. The molecule has 0 radical (unpaired) electrons. The van der Waals surface area contributed by atoms with E-state index >= 15 is 0 Å². The van der Waals surface area contributed by atoms with Crippen molar-refractivity contribution >= 4 is 11.9 Å². The van der Waals surface area contributed by atoms with Crippen molar-refractivity contribution in [2.45, 2.75) is 13.0 Å². The van der Waals surface area contributed by atoms with Gasteiger partial charge in [0.25, 0.3) is 0 Å². The van der Waals surface area contributed by atoms with Gasteiger partial charge in [-0.3, -0.25) is 0 Å². The van der Waals surface area contributed by atoms with Crippen molar-refractivity contribution in [2.24, 2.45) is 0 Å². The summed E-state index contributed by atoms with van der Waals surface area (Å²) in [5.74, 6) is -0.0690. The molecule has 2 aromatic carbocycles. The molecule has 32 heavy (non-hydrogen) atoms. The maximum Gasteiger partial charge on any atom is 0.414 e. The average Bonchev–Trinajstić information content (AvgIpc) is 2.81. The molecule has 176 valence electrons. The van der Waals surface area contributed by atoms with Gasteiger partial charge in [-0.15, -0.1) is 0 Å². The van der Waals surface area contributed by atoms with Crippen molar-refractivity contribution in [1.29, 1.82) is 0 Å². The SMILES string of the molecule is COc1cc(OC)c(OC)cc1CNCCc1ccc(OC)c(OC)c1.O=C(O)C(=O)O. The number of aliphatic carboxylic acids is 2. The Morgan fingerprint density at radius 2 is 1.22 bits per heavy atom. The first-order valence-corrected chi connectivity index (χ1v) is 9.47. The molecule has 10 nitrogen and oxygen atoms in total. The fraction of sp³-hybridized carbons (Fsp3) is 0.364. The molecule has 0 aromatic heterocycles. The van der Waals surface area contributed by atoms with Gasteiger partial charge in [-0.1, -0.05) is 6.07 Å². The number of ether oxygens (including phenoxy) is 5. The Balaban J connectivity index is 0.000000751. The van der Waals surface area contributed by atoms with Gasteiger partial charge in [0.2, 0.25) is 0 Å². The van der Waals surface area contributed by atoms with Crippen LogP contribution in [0.25, 0.3) is 0 Å². The molecule has 0 aliphatic heterocycles. The van der Waals surface area contributed by atoms with Gasteiger partial charge in [0, 0.05) is 18.2 Å². The van der Waals surface area contributed by atoms with Crippen LogP contribution in [0.5, 0.6) is 28.7 Å². The Morgan fingerprint density at radius 3 is 1.72 bits per heavy atom. The number of benzene rings is 2. The number of methoxy groups -OCH3 is 5. The van der Waals surface area contributed by atoms with E-state index in [0.717, 1.165) is 35.8 Å².